The summed E-state index contributed by atoms with van der Waals surface area (Å²) >= 11 is 0. The van der Waals surface area contributed by atoms with Crippen molar-refractivity contribution in [2.45, 2.75) is 20.0 Å². The molecular formula is C10H18N4O2. The average molecular weight is 226 g/mol. The van der Waals surface area contributed by atoms with Gasteiger partial charge in [0.25, 0.3) is 5.91 Å². The lowest BCUT2D eigenvalue weighted by molar-refractivity contribution is 0.0743. The highest BCUT2D eigenvalue weighted by atomic mass is 16.5. The molecule has 0 saturated heterocycles. The molecule has 0 aliphatic heterocycles. The van der Waals surface area contributed by atoms with Crippen LogP contribution in [-0.2, 0) is 11.8 Å². The maximum Gasteiger partial charge on any atom is 0.271 e. The van der Waals surface area contributed by atoms with E-state index in [-0.39, 0.29) is 12.0 Å². The minimum atomic E-state index is -0.232. The molecule has 0 spiro atoms. The monoisotopic (exact) mass is 226 g/mol. The van der Waals surface area contributed by atoms with Crippen LogP contribution in [0.2, 0.25) is 0 Å². The maximum absolute atomic E-state index is 11.7. The highest BCUT2D eigenvalue weighted by Crippen LogP contribution is 2.08. The van der Waals surface area contributed by atoms with Gasteiger partial charge in [0.2, 0.25) is 0 Å². The normalized spacial score (nSPS) is 10.8. The lowest BCUT2D eigenvalue weighted by Crippen LogP contribution is -2.30. The number of carbonyl (C=O) groups is 1. The molecule has 0 radical (unpaired) electrons. The summed E-state index contributed by atoms with van der Waals surface area (Å²) in [7, 11) is 1.68. The zero-order chi connectivity index (χ0) is 12.1. The maximum atomic E-state index is 11.7. The zero-order valence-electron chi connectivity index (χ0n) is 9.86. The highest BCUT2D eigenvalue weighted by molar-refractivity contribution is 5.97. The van der Waals surface area contributed by atoms with E-state index in [1.165, 1.54) is 10.9 Å². The minimum absolute atomic E-state index is 0.165. The van der Waals surface area contributed by atoms with Crippen LogP contribution >= 0.6 is 0 Å². The van der Waals surface area contributed by atoms with E-state index in [0.29, 0.717) is 24.5 Å². The molecule has 16 heavy (non-hydrogen) atoms. The first-order chi connectivity index (χ1) is 7.52. The van der Waals surface area contributed by atoms with E-state index in [1.54, 1.807) is 7.05 Å². The summed E-state index contributed by atoms with van der Waals surface area (Å²) in [5.41, 5.74) is 6.38. The third kappa shape index (κ3) is 3.23. The van der Waals surface area contributed by atoms with Gasteiger partial charge in [-0.2, -0.15) is 5.10 Å². The van der Waals surface area contributed by atoms with E-state index in [2.05, 4.69) is 10.4 Å². The Balaban J connectivity index is 2.41. The predicted molar refractivity (Wildman–Crippen MR) is 61.0 cm³/mol. The number of aryl methyl sites for hydroxylation is 1. The van der Waals surface area contributed by atoms with Gasteiger partial charge in [-0.25, -0.2) is 0 Å². The quantitative estimate of drug-likeness (QED) is 0.700. The molecular weight excluding hydrogens is 208 g/mol. The van der Waals surface area contributed by atoms with Crippen molar-refractivity contribution in [3.05, 3.63) is 11.9 Å². The van der Waals surface area contributed by atoms with Crippen LogP contribution < -0.4 is 11.1 Å². The van der Waals surface area contributed by atoms with Gasteiger partial charge in [0.05, 0.1) is 24.6 Å². The molecule has 90 valence electrons. The molecule has 0 bridgehead atoms. The number of nitrogen functional groups attached to an aromatic ring is 1. The second-order valence-corrected chi connectivity index (χ2v) is 3.75. The molecule has 0 saturated carbocycles. The van der Waals surface area contributed by atoms with Gasteiger partial charge in [0.1, 0.15) is 5.69 Å². The van der Waals surface area contributed by atoms with Gasteiger partial charge in [0, 0.05) is 13.6 Å². The molecule has 3 N–H and O–H groups in total. The molecule has 6 heteroatoms. The standard InChI is InChI=1S/C10H18N4O2/c1-7(2)16-5-4-12-10(15)9-8(11)6-13-14(9)3/h6-7H,4-5,11H2,1-3H3,(H,12,15). The first-order valence-corrected chi connectivity index (χ1v) is 5.19. The van der Waals surface area contributed by atoms with Crippen LogP contribution in [0.1, 0.15) is 24.3 Å². The van der Waals surface area contributed by atoms with Crippen molar-refractivity contribution in [3.8, 4) is 0 Å². The fourth-order valence-corrected chi connectivity index (χ4v) is 1.28. The van der Waals surface area contributed by atoms with E-state index >= 15 is 0 Å². The summed E-state index contributed by atoms with van der Waals surface area (Å²) in [6, 6.07) is 0. The largest absolute Gasteiger partial charge is 0.396 e. The SMILES string of the molecule is CC(C)OCCNC(=O)c1c(N)cnn1C. The summed E-state index contributed by atoms with van der Waals surface area (Å²) in [5.74, 6) is -0.232. The molecule has 1 rings (SSSR count). The van der Waals surface area contributed by atoms with Gasteiger partial charge < -0.3 is 15.8 Å². The Hall–Kier alpha value is -1.56. The van der Waals surface area contributed by atoms with Crippen molar-refractivity contribution < 1.29 is 9.53 Å². The van der Waals surface area contributed by atoms with Crippen molar-refractivity contribution >= 4 is 11.6 Å². The number of amides is 1. The van der Waals surface area contributed by atoms with Gasteiger partial charge >= 0.3 is 0 Å². The van der Waals surface area contributed by atoms with Crippen LogP contribution in [0.3, 0.4) is 0 Å². The van der Waals surface area contributed by atoms with E-state index in [1.807, 2.05) is 13.8 Å². The Morgan fingerprint density at radius 2 is 2.38 bits per heavy atom. The second kappa shape index (κ2) is 5.50. The fraction of sp³-hybridized carbons (Fsp3) is 0.600. The zero-order valence-corrected chi connectivity index (χ0v) is 9.86. The molecule has 0 fully saturated rings. The van der Waals surface area contributed by atoms with Crippen LogP contribution in [0.25, 0.3) is 0 Å². The Morgan fingerprint density at radius 3 is 2.88 bits per heavy atom. The molecule has 0 aromatic carbocycles. The summed E-state index contributed by atoms with van der Waals surface area (Å²) in [6.45, 7) is 4.84. The van der Waals surface area contributed by atoms with E-state index in [4.69, 9.17) is 10.5 Å². The number of ether oxygens (including phenoxy) is 1. The summed E-state index contributed by atoms with van der Waals surface area (Å²) in [6.07, 6.45) is 1.62. The predicted octanol–water partition coefficient (Wildman–Crippen LogP) is 0.157. The summed E-state index contributed by atoms with van der Waals surface area (Å²) in [5, 5.41) is 6.61. The van der Waals surface area contributed by atoms with Crippen molar-refractivity contribution in [2.75, 3.05) is 18.9 Å². The summed E-state index contributed by atoms with van der Waals surface area (Å²) < 4.78 is 6.75. The third-order valence-corrected chi connectivity index (χ3v) is 2.02. The molecule has 0 unspecified atom stereocenters. The highest BCUT2D eigenvalue weighted by Gasteiger charge is 2.13. The van der Waals surface area contributed by atoms with Gasteiger partial charge in [-0.15, -0.1) is 0 Å². The number of rotatable bonds is 5. The van der Waals surface area contributed by atoms with Crippen LogP contribution in [0.4, 0.5) is 5.69 Å². The smallest absolute Gasteiger partial charge is 0.271 e. The Kier molecular flexibility index (Phi) is 4.30. The first-order valence-electron chi connectivity index (χ1n) is 5.19. The number of nitrogens with two attached hydrogens (primary N) is 1. The number of nitrogens with zero attached hydrogens (tertiary/aromatic N) is 2. The molecule has 0 aliphatic carbocycles. The van der Waals surface area contributed by atoms with Crippen LogP contribution in [-0.4, -0.2) is 34.9 Å². The Morgan fingerprint density at radius 1 is 1.69 bits per heavy atom. The number of hydrogen-bond donors (Lipinski definition) is 2. The molecule has 1 aromatic heterocycles. The topological polar surface area (TPSA) is 82.2 Å². The molecule has 1 heterocycles. The molecule has 1 amide bonds. The number of carbonyl (C=O) groups excluding carboxylic acids is 1. The number of nitrogens with one attached hydrogen (secondary N) is 1. The lowest BCUT2D eigenvalue weighted by atomic mass is 10.3. The van der Waals surface area contributed by atoms with Gasteiger partial charge in [-0.05, 0) is 13.8 Å². The molecule has 0 atom stereocenters. The Bertz CT molecular complexity index is 340. The third-order valence-electron chi connectivity index (χ3n) is 2.02. The number of hydrogen-bond acceptors (Lipinski definition) is 4. The van der Waals surface area contributed by atoms with Crippen LogP contribution in [0.15, 0.2) is 6.20 Å². The van der Waals surface area contributed by atoms with Crippen LogP contribution in [0, 0.1) is 0 Å². The van der Waals surface area contributed by atoms with Gasteiger partial charge in [-0.1, -0.05) is 0 Å². The molecule has 6 nitrogen and oxygen atoms in total. The lowest BCUT2D eigenvalue weighted by Gasteiger charge is -2.09. The first kappa shape index (κ1) is 12.5. The summed E-state index contributed by atoms with van der Waals surface area (Å²) in [4.78, 5) is 11.7. The Labute approximate surface area is 94.8 Å². The number of aromatic nitrogens is 2. The van der Waals surface area contributed by atoms with Crippen molar-refractivity contribution in [2.24, 2.45) is 7.05 Å². The second-order valence-electron chi connectivity index (χ2n) is 3.75. The van der Waals surface area contributed by atoms with E-state index in [9.17, 15) is 4.79 Å². The van der Waals surface area contributed by atoms with E-state index in [0.717, 1.165) is 0 Å². The number of anilines is 1. The van der Waals surface area contributed by atoms with Crippen LogP contribution in [0.5, 0.6) is 0 Å². The van der Waals surface area contributed by atoms with Gasteiger partial charge in [0.15, 0.2) is 0 Å². The minimum Gasteiger partial charge on any atom is -0.396 e. The fourth-order valence-electron chi connectivity index (χ4n) is 1.28. The van der Waals surface area contributed by atoms with E-state index < -0.39 is 0 Å². The van der Waals surface area contributed by atoms with Gasteiger partial charge in [-0.3, -0.25) is 9.48 Å². The average Bonchev–Trinajstić information content (AvgIpc) is 2.53. The van der Waals surface area contributed by atoms with Crippen molar-refractivity contribution in [1.29, 1.82) is 0 Å². The molecule has 0 aliphatic rings. The molecule has 1 aromatic rings. The van der Waals surface area contributed by atoms with Crippen molar-refractivity contribution in [1.82, 2.24) is 15.1 Å². The van der Waals surface area contributed by atoms with Crippen molar-refractivity contribution in [3.63, 3.8) is 0 Å².